The van der Waals surface area contributed by atoms with E-state index in [9.17, 15) is 13.6 Å². The number of amides is 1. The summed E-state index contributed by atoms with van der Waals surface area (Å²) in [5.74, 6) is -2.04. The van der Waals surface area contributed by atoms with E-state index in [1.165, 1.54) is 11.1 Å². The van der Waals surface area contributed by atoms with E-state index in [0.717, 1.165) is 56.3 Å². The van der Waals surface area contributed by atoms with Crippen LogP contribution in [0.15, 0.2) is 42.9 Å². The highest BCUT2D eigenvalue weighted by Crippen LogP contribution is 2.45. The molecule has 10 heteroatoms. The van der Waals surface area contributed by atoms with Crippen molar-refractivity contribution in [3.8, 4) is 17.1 Å². The number of halogens is 3. The molecule has 1 unspecified atom stereocenters. The topological polar surface area (TPSA) is 61.8 Å². The molecule has 7 nitrogen and oxygen atoms in total. The maximum atomic E-state index is 16.7. The molecule has 4 saturated heterocycles. The second-order valence-corrected chi connectivity index (χ2v) is 13.2. The second kappa shape index (κ2) is 10.5. The molecular formula is C34H36F3N5O2. The smallest absolute Gasteiger partial charge is 0.317 e. The van der Waals surface area contributed by atoms with Crippen molar-refractivity contribution in [3.05, 3.63) is 59.8 Å². The molecule has 2 aromatic carbocycles. The number of ether oxygens (including phenoxy) is 1. The number of likely N-dealkylation sites (tertiary alicyclic amines) is 1. The van der Waals surface area contributed by atoms with Crippen LogP contribution in [0.25, 0.3) is 22.0 Å². The zero-order chi connectivity index (χ0) is 30.2. The summed E-state index contributed by atoms with van der Waals surface area (Å²) < 4.78 is 50.8. The Balaban J connectivity index is 1.19. The fraction of sp³-hybridized carbons (Fsp3) is 0.500. The third kappa shape index (κ3) is 4.31. The Hall–Kier alpha value is -3.66. The monoisotopic (exact) mass is 603 g/mol. The molecule has 3 aromatic rings. The van der Waals surface area contributed by atoms with Gasteiger partial charge in [-0.15, -0.1) is 0 Å². The molecule has 4 atom stereocenters. The minimum Gasteiger partial charge on any atom is -0.461 e. The molecule has 1 aliphatic carbocycles. The first-order valence-corrected chi connectivity index (χ1v) is 15.9. The fourth-order valence-electron chi connectivity index (χ4n) is 8.62. The van der Waals surface area contributed by atoms with Crippen LogP contribution < -0.4 is 9.64 Å². The average molecular weight is 604 g/mol. The number of aryl methyl sites for hydroxylation is 1. The van der Waals surface area contributed by atoms with Crippen molar-refractivity contribution < 1.29 is 22.7 Å². The first kappa shape index (κ1) is 27.9. The predicted octanol–water partition coefficient (Wildman–Crippen LogP) is 5.54. The summed E-state index contributed by atoms with van der Waals surface area (Å²) in [6.07, 6.45) is 7.75. The van der Waals surface area contributed by atoms with Crippen molar-refractivity contribution in [3.63, 3.8) is 0 Å². The number of hydrogen-bond acceptors (Lipinski definition) is 6. The summed E-state index contributed by atoms with van der Waals surface area (Å²) in [6, 6.07) is 7.93. The summed E-state index contributed by atoms with van der Waals surface area (Å²) in [4.78, 5) is 27.5. The Morgan fingerprint density at radius 1 is 1.11 bits per heavy atom. The average Bonchev–Trinajstić information content (AvgIpc) is 3.66. The number of nitrogens with zero attached hydrogens (tertiary/aromatic N) is 5. The molecule has 0 N–H and O–H groups in total. The number of anilines is 1. The number of carbonyl (C=O) groups is 1. The molecule has 0 saturated carbocycles. The van der Waals surface area contributed by atoms with Gasteiger partial charge in [0.25, 0.3) is 5.91 Å². The molecule has 230 valence electrons. The van der Waals surface area contributed by atoms with Crippen LogP contribution in [0.3, 0.4) is 0 Å². The van der Waals surface area contributed by atoms with E-state index in [1.807, 2.05) is 18.2 Å². The highest BCUT2D eigenvalue weighted by atomic mass is 19.1. The van der Waals surface area contributed by atoms with Crippen molar-refractivity contribution in [1.82, 2.24) is 19.8 Å². The molecule has 0 bridgehead atoms. The van der Waals surface area contributed by atoms with E-state index in [-0.39, 0.29) is 35.8 Å². The van der Waals surface area contributed by atoms with E-state index in [4.69, 9.17) is 4.74 Å². The number of benzene rings is 2. The van der Waals surface area contributed by atoms with Gasteiger partial charge >= 0.3 is 6.01 Å². The minimum absolute atomic E-state index is 0.0242. The standard InChI is InChI=1S/C34H36F3N5O2/c1-20(35)32(43)41-13-10-27-29(41)18-42(27)28-14-25(24-9-4-7-21-6-2-3-8-23(21)24)30(37)31-26(28)16-38-33(39-31)44-19-34-11-5-12-40(34)17-22(36)15-34/h4,7,9,14,16,22,27,29H,1-3,5-6,8,10-13,15,17-19H2/t22-,27?,29-,34+/m1/s1. The van der Waals surface area contributed by atoms with E-state index >= 15 is 4.39 Å². The van der Waals surface area contributed by atoms with Crippen LogP contribution in [0.4, 0.5) is 18.9 Å². The van der Waals surface area contributed by atoms with Crippen molar-refractivity contribution in [1.29, 1.82) is 0 Å². The van der Waals surface area contributed by atoms with Crippen molar-refractivity contribution in [2.45, 2.75) is 75.2 Å². The quantitative estimate of drug-likeness (QED) is 0.345. The summed E-state index contributed by atoms with van der Waals surface area (Å²) in [5, 5.41) is 0.562. The second-order valence-electron chi connectivity index (χ2n) is 13.2. The van der Waals surface area contributed by atoms with Crippen molar-refractivity contribution in [2.75, 3.05) is 37.7 Å². The maximum absolute atomic E-state index is 16.7. The molecule has 44 heavy (non-hydrogen) atoms. The van der Waals surface area contributed by atoms with Gasteiger partial charge in [-0.2, -0.15) is 4.98 Å². The first-order valence-electron chi connectivity index (χ1n) is 15.9. The fourth-order valence-corrected chi connectivity index (χ4v) is 8.62. The van der Waals surface area contributed by atoms with Gasteiger partial charge in [-0.3, -0.25) is 9.69 Å². The van der Waals surface area contributed by atoms with Gasteiger partial charge < -0.3 is 14.5 Å². The highest BCUT2D eigenvalue weighted by molar-refractivity contribution is 5.98. The molecule has 4 fully saturated rings. The summed E-state index contributed by atoms with van der Waals surface area (Å²) in [7, 11) is 0. The number of hydrogen-bond donors (Lipinski definition) is 0. The predicted molar refractivity (Wildman–Crippen MR) is 162 cm³/mol. The van der Waals surface area contributed by atoms with Crippen LogP contribution in [0, 0.1) is 5.82 Å². The molecule has 5 heterocycles. The van der Waals surface area contributed by atoms with E-state index in [2.05, 4.69) is 32.4 Å². The minimum atomic E-state index is -0.951. The molecule has 1 aromatic heterocycles. The first-order chi connectivity index (χ1) is 21.3. The maximum Gasteiger partial charge on any atom is 0.317 e. The Bertz CT molecular complexity index is 1680. The summed E-state index contributed by atoms with van der Waals surface area (Å²) >= 11 is 0. The van der Waals surface area contributed by atoms with E-state index in [1.54, 1.807) is 11.1 Å². The van der Waals surface area contributed by atoms with Crippen LogP contribution in [-0.4, -0.2) is 82.3 Å². The SMILES string of the molecule is C=C(F)C(=O)N1CCC2[C@H]1CN2c1cc(-c2cccc3c2CCCC3)c(F)c2nc(OC[C@@]34CCCN3C[C@H](F)C4)ncc12. The van der Waals surface area contributed by atoms with E-state index in [0.29, 0.717) is 43.4 Å². The van der Waals surface area contributed by atoms with Crippen LogP contribution >= 0.6 is 0 Å². The zero-order valence-corrected chi connectivity index (χ0v) is 24.7. The van der Waals surface area contributed by atoms with Crippen LogP contribution in [0.1, 0.15) is 49.7 Å². The van der Waals surface area contributed by atoms with Crippen molar-refractivity contribution >= 4 is 22.5 Å². The largest absolute Gasteiger partial charge is 0.461 e. The third-order valence-corrected chi connectivity index (χ3v) is 10.8. The van der Waals surface area contributed by atoms with Crippen LogP contribution in [-0.2, 0) is 17.6 Å². The van der Waals surface area contributed by atoms with Crippen LogP contribution in [0.5, 0.6) is 6.01 Å². The Kier molecular flexibility index (Phi) is 6.63. The summed E-state index contributed by atoms with van der Waals surface area (Å²) in [6.45, 7) is 5.68. The van der Waals surface area contributed by atoms with Gasteiger partial charge in [0, 0.05) is 48.9 Å². The molecule has 0 spiro atoms. The number of carbonyl (C=O) groups excluding carboxylic acids is 1. The number of alkyl halides is 1. The lowest BCUT2D eigenvalue weighted by Crippen LogP contribution is -2.63. The summed E-state index contributed by atoms with van der Waals surface area (Å²) in [5.41, 5.74) is 4.40. The Morgan fingerprint density at radius 3 is 2.84 bits per heavy atom. The van der Waals surface area contributed by atoms with Crippen LogP contribution in [0.2, 0.25) is 0 Å². The van der Waals surface area contributed by atoms with Gasteiger partial charge in [0.2, 0.25) is 0 Å². The highest BCUT2D eigenvalue weighted by Gasteiger charge is 2.51. The third-order valence-electron chi connectivity index (χ3n) is 10.8. The molecule has 8 rings (SSSR count). The Labute approximate surface area is 254 Å². The van der Waals surface area contributed by atoms with Gasteiger partial charge in [-0.05, 0) is 74.2 Å². The van der Waals surface area contributed by atoms with Crippen molar-refractivity contribution in [2.24, 2.45) is 0 Å². The van der Waals surface area contributed by atoms with Gasteiger partial charge in [-0.1, -0.05) is 24.8 Å². The number of fused-ring (bicyclic) bond motifs is 4. The van der Waals surface area contributed by atoms with Gasteiger partial charge in [0.1, 0.15) is 18.3 Å². The lowest BCUT2D eigenvalue weighted by atomic mass is 9.85. The normalized spacial score (nSPS) is 27.7. The molecular weight excluding hydrogens is 567 g/mol. The number of rotatable bonds is 6. The van der Waals surface area contributed by atoms with Gasteiger partial charge in [0.15, 0.2) is 11.6 Å². The molecule has 0 radical (unpaired) electrons. The lowest BCUT2D eigenvalue weighted by Gasteiger charge is -2.48. The Morgan fingerprint density at radius 2 is 1.98 bits per heavy atom. The number of aromatic nitrogens is 2. The molecule has 5 aliphatic rings. The lowest BCUT2D eigenvalue weighted by molar-refractivity contribution is -0.130. The molecule has 1 amide bonds. The zero-order valence-electron chi connectivity index (χ0n) is 24.7. The van der Waals surface area contributed by atoms with Gasteiger partial charge in [0.05, 0.1) is 17.6 Å². The molecule has 4 aliphatic heterocycles. The van der Waals surface area contributed by atoms with Gasteiger partial charge in [-0.25, -0.2) is 18.2 Å². The van der Waals surface area contributed by atoms with E-state index < -0.39 is 23.7 Å².